The maximum absolute atomic E-state index is 11.1. The topological polar surface area (TPSA) is 86.7 Å². The second-order valence-corrected chi connectivity index (χ2v) is 31.4. The number of hydrogen-bond donors (Lipinski definition) is 0. The number of unbranched alkanes of at least 4 members (excludes halogenated alkanes) is 72. The molecule has 0 bridgehead atoms. The van der Waals surface area contributed by atoms with Crippen molar-refractivity contribution in [2.45, 2.75) is 529 Å². The average molecular weight is 1390 g/mol. The monoisotopic (exact) mass is 1390 g/mol. The van der Waals surface area contributed by atoms with E-state index in [-0.39, 0.29) is 50.6 Å². The quantitative estimate of drug-likeness (QED) is 0.0445. The van der Waals surface area contributed by atoms with Crippen LogP contribution in [0.3, 0.4) is 0 Å². The van der Waals surface area contributed by atoms with Gasteiger partial charge in [-0.25, -0.2) is 0 Å². The van der Waals surface area contributed by atoms with E-state index in [0.717, 1.165) is 26.2 Å². The number of carboxylic acid groups (broad SMARTS) is 2. The molecule has 0 saturated heterocycles. The van der Waals surface area contributed by atoms with Crippen LogP contribution in [-0.2, 0) is 9.59 Å². The van der Waals surface area contributed by atoms with E-state index in [0.29, 0.717) is 13.1 Å². The number of hydrogen-bond acceptors (Lipinski definition) is 6. The standard InChI is InChI=1S/2C45H91NO2.Ca/c2*1-3-5-7-9-11-13-15-17-19-21-23-25-27-29-31-33-35-37-39-42-46(44-41-45(47)48)43-40-38-36-34-32-30-28-26-24-22-20-18-16-14-12-10-8-6-4-2;/h2*3-44H2,1-2H3,(H,47,48);/q;;+2/p-2. The van der Waals surface area contributed by atoms with Crippen molar-refractivity contribution in [1.82, 2.24) is 9.80 Å². The van der Waals surface area contributed by atoms with Gasteiger partial charge in [0.1, 0.15) is 0 Å². The van der Waals surface area contributed by atoms with Gasteiger partial charge in [-0.1, -0.05) is 490 Å². The first-order valence-electron chi connectivity index (χ1n) is 45.2. The molecule has 0 N–H and O–H groups in total. The average Bonchev–Trinajstić information content (AvgIpc) is 3.77. The van der Waals surface area contributed by atoms with E-state index in [1.165, 1.54) is 488 Å². The van der Waals surface area contributed by atoms with E-state index in [1.54, 1.807) is 0 Å². The van der Waals surface area contributed by atoms with Gasteiger partial charge in [-0.05, 0) is 64.7 Å². The number of carbonyl (C=O) groups is 2. The van der Waals surface area contributed by atoms with Crippen molar-refractivity contribution >= 4 is 49.7 Å². The summed E-state index contributed by atoms with van der Waals surface area (Å²) in [6, 6.07) is 0. The molecule has 0 rings (SSSR count). The molecule has 0 unspecified atom stereocenters. The fourth-order valence-corrected chi connectivity index (χ4v) is 14.8. The number of rotatable bonds is 86. The molecule has 0 amide bonds. The first-order valence-corrected chi connectivity index (χ1v) is 45.2. The summed E-state index contributed by atoms with van der Waals surface area (Å²) in [5, 5.41) is 22.1. The van der Waals surface area contributed by atoms with Gasteiger partial charge in [0, 0.05) is 25.0 Å². The molecule has 0 atom stereocenters. The first kappa shape index (κ1) is 101. The van der Waals surface area contributed by atoms with Gasteiger partial charge in [0.25, 0.3) is 0 Å². The zero-order chi connectivity index (χ0) is 69.7. The van der Waals surface area contributed by atoms with Crippen molar-refractivity contribution < 1.29 is 19.8 Å². The number of carbonyl (C=O) groups excluding carboxylic acids is 2. The Labute approximate surface area is 642 Å². The molecule has 7 heteroatoms. The van der Waals surface area contributed by atoms with Gasteiger partial charge in [-0.15, -0.1) is 0 Å². The SMILES string of the molecule is CCCCCCCCCCCCCCCCCCCCCN(CCCCCCCCCCCCCCCCCCCCC)CCC(=O)[O-].CCCCCCCCCCCCCCCCCCCCCN(CCCCCCCCCCCCCCCCCCCCC)CCC(=O)[O-].[Ca+2]. The van der Waals surface area contributed by atoms with E-state index in [2.05, 4.69) is 37.5 Å². The van der Waals surface area contributed by atoms with Crippen LogP contribution in [0.5, 0.6) is 0 Å². The van der Waals surface area contributed by atoms with Crippen molar-refractivity contribution in [2.24, 2.45) is 0 Å². The Morgan fingerprint density at radius 1 is 0.165 bits per heavy atom. The van der Waals surface area contributed by atoms with E-state index >= 15 is 0 Å². The molecule has 0 fully saturated rings. The van der Waals surface area contributed by atoms with Gasteiger partial charge >= 0.3 is 37.7 Å². The maximum atomic E-state index is 11.1. The number of aliphatic carboxylic acids is 2. The second-order valence-electron chi connectivity index (χ2n) is 31.4. The van der Waals surface area contributed by atoms with Crippen LogP contribution in [0.15, 0.2) is 0 Å². The van der Waals surface area contributed by atoms with E-state index < -0.39 is 11.9 Å². The molecule has 0 aliphatic heterocycles. The van der Waals surface area contributed by atoms with Crippen molar-refractivity contribution in [3.05, 3.63) is 0 Å². The third kappa shape index (κ3) is 96.1. The fourth-order valence-electron chi connectivity index (χ4n) is 14.8. The van der Waals surface area contributed by atoms with Crippen LogP contribution in [0, 0.1) is 0 Å². The van der Waals surface area contributed by atoms with Gasteiger partial charge in [0.15, 0.2) is 0 Å². The summed E-state index contributed by atoms with van der Waals surface area (Å²) in [6.45, 7) is 14.8. The fraction of sp³-hybridized carbons (Fsp3) is 0.978. The molecule has 0 spiro atoms. The molecule has 0 aromatic rings. The van der Waals surface area contributed by atoms with Crippen molar-refractivity contribution in [3.8, 4) is 0 Å². The second kappa shape index (κ2) is 94.1. The van der Waals surface area contributed by atoms with Crippen LogP contribution in [-0.4, -0.2) is 98.7 Å². The Kier molecular flexibility index (Phi) is 98.3. The zero-order valence-corrected chi connectivity index (χ0v) is 69.8. The Morgan fingerprint density at radius 2 is 0.258 bits per heavy atom. The predicted octanol–water partition coefficient (Wildman–Crippen LogP) is 28.2. The summed E-state index contributed by atoms with van der Waals surface area (Å²) >= 11 is 0. The zero-order valence-electron chi connectivity index (χ0n) is 67.6. The largest absolute Gasteiger partial charge is 2.00 e. The number of carboxylic acids is 2. The third-order valence-electron chi connectivity index (χ3n) is 21.6. The summed E-state index contributed by atoms with van der Waals surface area (Å²) in [4.78, 5) is 26.9. The molecule has 576 valence electrons. The predicted molar refractivity (Wildman–Crippen MR) is 431 cm³/mol. The molecule has 0 radical (unpaired) electrons. The maximum Gasteiger partial charge on any atom is 2.00 e. The van der Waals surface area contributed by atoms with Gasteiger partial charge in [0.2, 0.25) is 0 Å². The normalized spacial score (nSPS) is 11.5. The summed E-state index contributed by atoms with van der Waals surface area (Å²) in [5.74, 6) is -1.80. The molecule has 0 aliphatic rings. The Hall–Kier alpha value is 0.120. The minimum absolute atomic E-state index is 0. The summed E-state index contributed by atoms with van der Waals surface area (Å²) < 4.78 is 0. The molecule has 0 aromatic heterocycles. The Balaban J connectivity index is -0.00000180. The van der Waals surface area contributed by atoms with Gasteiger partial charge in [-0.3, -0.25) is 0 Å². The van der Waals surface area contributed by atoms with E-state index in [9.17, 15) is 19.8 Å². The van der Waals surface area contributed by atoms with Crippen LogP contribution >= 0.6 is 0 Å². The van der Waals surface area contributed by atoms with Crippen molar-refractivity contribution in [2.75, 3.05) is 39.3 Å². The smallest absolute Gasteiger partial charge is 0.550 e. The summed E-state index contributed by atoms with van der Waals surface area (Å²) in [5.41, 5.74) is 0. The molecule has 0 aliphatic carbocycles. The molecule has 0 heterocycles. The molecular weight excluding hydrogens is 1210 g/mol. The minimum Gasteiger partial charge on any atom is -0.550 e. The van der Waals surface area contributed by atoms with Crippen LogP contribution < -0.4 is 10.2 Å². The first-order chi connectivity index (χ1) is 47.4. The summed E-state index contributed by atoms with van der Waals surface area (Å²) in [6.07, 6.45) is 107. The van der Waals surface area contributed by atoms with Gasteiger partial charge in [0.05, 0.1) is 0 Å². The van der Waals surface area contributed by atoms with Crippen molar-refractivity contribution in [1.29, 1.82) is 0 Å². The molecule has 97 heavy (non-hydrogen) atoms. The Bertz CT molecular complexity index is 1210. The van der Waals surface area contributed by atoms with E-state index in [1.807, 2.05) is 0 Å². The van der Waals surface area contributed by atoms with Crippen molar-refractivity contribution in [3.63, 3.8) is 0 Å². The van der Waals surface area contributed by atoms with Gasteiger partial charge in [-0.2, -0.15) is 0 Å². The van der Waals surface area contributed by atoms with Gasteiger partial charge < -0.3 is 29.6 Å². The van der Waals surface area contributed by atoms with Crippen LogP contribution in [0.2, 0.25) is 0 Å². The third-order valence-corrected chi connectivity index (χ3v) is 21.6. The van der Waals surface area contributed by atoms with Crippen LogP contribution in [0.25, 0.3) is 0 Å². The van der Waals surface area contributed by atoms with Crippen LogP contribution in [0.1, 0.15) is 529 Å². The molecule has 0 saturated carbocycles. The molecule has 6 nitrogen and oxygen atoms in total. The van der Waals surface area contributed by atoms with Crippen LogP contribution in [0.4, 0.5) is 0 Å². The molecular formula is C90H180CaN2O4. The minimum atomic E-state index is -0.902. The summed E-state index contributed by atoms with van der Waals surface area (Å²) in [7, 11) is 0. The number of nitrogens with zero attached hydrogens (tertiary/aromatic N) is 2. The Morgan fingerprint density at radius 3 is 0.351 bits per heavy atom. The molecule has 0 aromatic carbocycles. The van der Waals surface area contributed by atoms with E-state index in [4.69, 9.17) is 0 Å².